The van der Waals surface area contributed by atoms with Crippen LogP contribution < -0.4 is 10.6 Å². The number of anilines is 1. The Hall–Kier alpha value is -1.51. The van der Waals surface area contributed by atoms with Gasteiger partial charge in [-0.05, 0) is 31.9 Å². The van der Waals surface area contributed by atoms with E-state index in [0.717, 1.165) is 12.1 Å². The molecule has 1 aromatic carbocycles. The zero-order valence-corrected chi connectivity index (χ0v) is 10.0. The second-order valence-corrected chi connectivity index (χ2v) is 4.62. The Kier molecular flexibility index (Phi) is 2.86. The van der Waals surface area contributed by atoms with Crippen molar-refractivity contribution in [1.82, 2.24) is 5.32 Å². The van der Waals surface area contributed by atoms with Crippen LogP contribution in [0.1, 0.15) is 37.4 Å². The third-order valence-corrected chi connectivity index (χ3v) is 2.95. The maximum atomic E-state index is 11.2. The summed E-state index contributed by atoms with van der Waals surface area (Å²) in [6.45, 7) is 5.78. The van der Waals surface area contributed by atoms with Crippen LogP contribution in [0.2, 0.25) is 0 Å². The van der Waals surface area contributed by atoms with Crippen LogP contribution in [-0.2, 0) is 4.79 Å². The van der Waals surface area contributed by atoms with Crippen LogP contribution in [0.5, 0.6) is 0 Å². The van der Waals surface area contributed by atoms with Crippen molar-refractivity contribution in [1.29, 1.82) is 0 Å². The molecule has 0 bridgehead atoms. The molecule has 1 heterocycles. The van der Waals surface area contributed by atoms with Crippen molar-refractivity contribution < 1.29 is 4.79 Å². The summed E-state index contributed by atoms with van der Waals surface area (Å²) in [7, 11) is 0. The summed E-state index contributed by atoms with van der Waals surface area (Å²) in [4.78, 5) is 11.2. The predicted molar refractivity (Wildman–Crippen MR) is 65.4 cm³/mol. The van der Waals surface area contributed by atoms with Crippen molar-refractivity contribution in [2.75, 3.05) is 5.32 Å². The van der Waals surface area contributed by atoms with Gasteiger partial charge in [0.2, 0.25) is 5.91 Å². The summed E-state index contributed by atoms with van der Waals surface area (Å²) in [5.74, 6) is 0.0338. The minimum atomic E-state index is 0.0338. The fourth-order valence-electron chi connectivity index (χ4n) is 2.29. The molecule has 3 heteroatoms. The monoisotopic (exact) mass is 218 g/mol. The van der Waals surface area contributed by atoms with Gasteiger partial charge in [0.25, 0.3) is 0 Å². The second kappa shape index (κ2) is 4.16. The van der Waals surface area contributed by atoms with Gasteiger partial charge in [-0.25, -0.2) is 0 Å². The molecule has 0 saturated carbocycles. The van der Waals surface area contributed by atoms with Gasteiger partial charge in [-0.2, -0.15) is 0 Å². The molecule has 0 spiro atoms. The van der Waals surface area contributed by atoms with E-state index in [9.17, 15) is 4.79 Å². The first-order valence-corrected chi connectivity index (χ1v) is 5.70. The van der Waals surface area contributed by atoms with E-state index in [0.29, 0.717) is 6.04 Å². The fourth-order valence-corrected chi connectivity index (χ4v) is 2.29. The lowest BCUT2D eigenvalue weighted by Crippen LogP contribution is -2.35. The Balaban J connectivity index is 2.35. The molecule has 1 amide bonds. The third kappa shape index (κ3) is 2.18. The van der Waals surface area contributed by atoms with Crippen molar-refractivity contribution in [2.45, 2.75) is 39.3 Å². The SMILES string of the molecule is CC(=O)N[C@@H]1C[C@H](C)Nc2ccc(C)cc21. The molecule has 2 atom stereocenters. The molecule has 0 unspecified atom stereocenters. The Morgan fingerprint density at radius 2 is 2.25 bits per heavy atom. The Morgan fingerprint density at radius 3 is 2.94 bits per heavy atom. The van der Waals surface area contributed by atoms with Crippen LogP contribution in [0, 0.1) is 6.92 Å². The average Bonchev–Trinajstić information content (AvgIpc) is 2.18. The summed E-state index contributed by atoms with van der Waals surface area (Å²) in [6, 6.07) is 6.87. The summed E-state index contributed by atoms with van der Waals surface area (Å²) >= 11 is 0. The minimum Gasteiger partial charge on any atom is -0.382 e. The number of rotatable bonds is 1. The van der Waals surface area contributed by atoms with Crippen molar-refractivity contribution in [3.63, 3.8) is 0 Å². The van der Waals surface area contributed by atoms with Gasteiger partial charge in [0.15, 0.2) is 0 Å². The van der Waals surface area contributed by atoms with Crippen LogP contribution >= 0.6 is 0 Å². The Morgan fingerprint density at radius 1 is 1.50 bits per heavy atom. The molecule has 1 aliphatic rings. The highest BCUT2D eigenvalue weighted by Gasteiger charge is 2.24. The van der Waals surface area contributed by atoms with Crippen molar-refractivity contribution in [2.24, 2.45) is 0 Å². The second-order valence-electron chi connectivity index (χ2n) is 4.62. The molecule has 1 aliphatic heterocycles. The lowest BCUT2D eigenvalue weighted by molar-refractivity contribution is -0.119. The molecule has 86 valence electrons. The molecule has 0 saturated heterocycles. The van der Waals surface area contributed by atoms with Crippen LogP contribution in [-0.4, -0.2) is 11.9 Å². The molecule has 16 heavy (non-hydrogen) atoms. The zero-order chi connectivity index (χ0) is 11.7. The first-order chi connectivity index (χ1) is 7.56. The molecule has 0 aromatic heterocycles. The average molecular weight is 218 g/mol. The molecule has 3 nitrogen and oxygen atoms in total. The van der Waals surface area contributed by atoms with Gasteiger partial charge >= 0.3 is 0 Å². The highest BCUT2D eigenvalue weighted by atomic mass is 16.1. The molecule has 0 aliphatic carbocycles. The maximum absolute atomic E-state index is 11.2. The zero-order valence-electron chi connectivity index (χ0n) is 10.0. The number of aryl methyl sites for hydroxylation is 1. The minimum absolute atomic E-state index is 0.0338. The van der Waals surface area contributed by atoms with Crippen LogP contribution in [0.4, 0.5) is 5.69 Å². The van der Waals surface area contributed by atoms with Gasteiger partial charge < -0.3 is 10.6 Å². The van der Waals surface area contributed by atoms with Gasteiger partial charge in [0, 0.05) is 18.7 Å². The number of amides is 1. The normalized spacial score (nSPS) is 23.2. The van der Waals surface area contributed by atoms with Gasteiger partial charge in [-0.15, -0.1) is 0 Å². The third-order valence-electron chi connectivity index (χ3n) is 2.95. The van der Waals surface area contributed by atoms with E-state index in [2.05, 4.69) is 42.7 Å². The number of fused-ring (bicyclic) bond motifs is 1. The number of nitrogens with one attached hydrogen (secondary N) is 2. The van der Waals surface area contributed by atoms with E-state index in [-0.39, 0.29) is 11.9 Å². The topological polar surface area (TPSA) is 41.1 Å². The Labute approximate surface area is 96.2 Å². The van der Waals surface area contributed by atoms with E-state index < -0.39 is 0 Å². The largest absolute Gasteiger partial charge is 0.382 e. The van der Waals surface area contributed by atoms with Crippen molar-refractivity contribution in [3.05, 3.63) is 29.3 Å². The van der Waals surface area contributed by atoms with E-state index in [4.69, 9.17) is 0 Å². The number of carbonyl (C=O) groups excluding carboxylic acids is 1. The molecular weight excluding hydrogens is 200 g/mol. The smallest absolute Gasteiger partial charge is 0.217 e. The van der Waals surface area contributed by atoms with Crippen molar-refractivity contribution in [3.8, 4) is 0 Å². The standard InChI is InChI=1S/C13H18N2O/c1-8-4-5-12-11(6-8)13(15-10(3)16)7-9(2)14-12/h4-6,9,13-14H,7H2,1-3H3,(H,15,16)/t9-,13+/m0/s1. The first-order valence-electron chi connectivity index (χ1n) is 5.70. The maximum Gasteiger partial charge on any atom is 0.217 e. The van der Waals surface area contributed by atoms with E-state index >= 15 is 0 Å². The first kappa shape index (κ1) is 11.0. The van der Waals surface area contributed by atoms with Crippen LogP contribution in [0.3, 0.4) is 0 Å². The number of hydrogen-bond donors (Lipinski definition) is 2. The number of benzene rings is 1. The predicted octanol–water partition coefficient (Wildman–Crippen LogP) is 2.38. The highest BCUT2D eigenvalue weighted by Crippen LogP contribution is 2.33. The van der Waals surface area contributed by atoms with E-state index in [1.165, 1.54) is 11.1 Å². The molecule has 2 N–H and O–H groups in total. The lowest BCUT2D eigenvalue weighted by Gasteiger charge is -2.32. The van der Waals surface area contributed by atoms with Gasteiger partial charge in [-0.1, -0.05) is 17.7 Å². The van der Waals surface area contributed by atoms with E-state index in [1.54, 1.807) is 6.92 Å². The molecule has 1 aromatic rings. The highest BCUT2D eigenvalue weighted by molar-refractivity contribution is 5.74. The molecule has 0 fully saturated rings. The molecule has 2 rings (SSSR count). The number of hydrogen-bond acceptors (Lipinski definition) is 2. The molecular formula is C13H18N2O. The number of carbonyl (C=O) groups is 1. The van der Waals surface area contributed by atoms with Crippen molar-refractivity contribution >= 4 is 11.6 Å². The summed E-state index contributed by atoms with van der Waals surface area (Å²) in [5.41, 5.74) is 3.57. The summed E-state index contributed by atoms with van der Waals surface area (Å²) in [5, 5.41) is 6.46. The van der Waals surface area contributed by atoms with Gasteiger partial charge in [-0.3, -0.25) is 4.79 Å². The van der Waals surface area contributed by atoms with Gasteiger partial charge in [0.1, 0.15) is 0 Å². The summed E-state index contributed by atoms with van der Waals surface area (Å²) in [6.07, 6.45) is 0.941. The van der Waals surface area contributed by atoms with Crippen LogP contribution in [0.25, 0.3) is 0 Å². The van der Waals surface area contributed by atoms with E-state index in [1.807, 2.05) is 0 Å². The lowest BCUT2D eigenvalue weighted by atomic mass is 9.92. The molecule has 0 radical (unpaired) electrons. The van der Waals surface area contributed by atoms with Crippen LogP contribution in [0.15, 0.2) is 18.2 Å². The fraction of sp³-hybridized carbons (Fsp3) is 0.462. The quantitative estimate of drug-likeness (QED) is 0.760. The van der Waals surface area contributed by atoms with Gasteiger partial charge in [0.05, 0.1) is 6.04 Å². The Bertz CT molecular complexity index is 414. The summed E-state index contributed by atoms with van der Waals surface area (Å²) < 4.78 is 0.